The molecule has 2 rings (SSSR count). The van der Waals surface area contributed by atoms with Gasteiger partial charge in [-0.05, 0) is 29.8 Å². The van der Waals surface area contributed by atoms with Crippen molar-refractivity contribution in [3.05, 3.63) is 58.4 Å². The van der Waals surface area contributed by atoms with E-state index in [1.807, 2.05) is 0 Å². The van der Waals surface area contributed by atoms with Gasteiger partial charge in [0.1, 0.15) is 29.8 Å². The van der Waals surface area contributed by atoms with E-state index in [0.717, 1.165) is 0 Å². The quantitative estimate of drug-likeness (QED) is 0.657. The molecule has 0 atom stereocenters. The van der Waals surface area contributed by atoms with Crippen LogP contribution in [-0.2, 0) is 6.61 Å². The Morgan fingerprint density at radius 1 is 1.24 bits per heavy atom. The molecule has 0 saturated heterocycles. The van der Waals surface area contributed by atoms with Crippen LogP contribution in [0.25, 0.3) is 0 Å². The number of hydrogen-bond donors (Lipinski definition) is 2. The Kier molecular flexibility index (Phi) is 4.65. The van der Waals surface area contributed by atoms with Crippen molar-refractivity contribution in [1.29, 1.82) is 5.41 Å². The molecule has 2 aromatic carbocycles. The average molecular weight is 309 g/mol. The van der Waals surface area contributed by atoms with Gasteiger partial charge in [0.2, 0.25) is 0 Å². The van der Waals surface area contributed by atoms with Gasteiger partial charge in [0.15, 0.2) is 0 Å². The smallest absolute Gasteiger partial charge is 0.142 e. The van der Waals surface area contributed by atoms with Crippen LogP contribution in [-0.4, -0.2) is 12.9 Å². The Labute approximate surface area is 126 Å². The first-order valence-corrected chi connectivity index (χ1v) is 6.47. The van der Waals surface area contributed by atoms with Gasteiger partial charge in [-0.3, -0.25) is 5.41 Å². The van der Waals surface area contributed by atoms with E-state index >= 15 is 0 Å². The zero-order valence-corrected chi connectivity index (χ0v) is 12.1. The van der Waals surface area contributed by atoms with E-state index < -0.39 is 5.82 Å². The minimum atomic E-state index is -0.493. The van der Waals surface area contributed by atoms with E-state index in [1.165, 1.54) is 19.2 Å². The molecule has 0 amide bonds. The van der Waals surface area contributed by atoms with Gasteiger partial charge >= 0.3 is 0 Å². The van der Waals surface area contributed by atoms with Crippen molar-refractivity contribution >= 4 is 17.4 Å². The van der Waals surface area contributed by atoms with Gasteiger partial charge < -0.3 is 15.2 Å². The lowest BCUT2D eigenvalue weighted by atomic mass is 10.2. The molecule has 3 N–H and O–H groups in total. The van der Waals surface area contributed by atoms with Crippen LogP contribution in [0.3, 0.4) is 0 Å². The molecule has 0 aliphatic heterocycles. The molecular formula is C15H14ClFN2O2. The fraction of sp³-hybridized carbons (Fsp3) is 0.133. The molecule has 2 aromatic rings. The fourth-order valence-corrected chi connectivity index (χ4v) is 1.84. The summed E-state index contributed by atoms with van der Waals surface area (Å²) in [6.07, 6.45) is 0. The van der Waals surface area contributed by atoms with Crippen molar-refractivity contribution in [3.63, 3.8) is 0 Å². The van der Waals surface area contributed by atoms with Crippen LogP contribution in [0.5, 0.6) is 11.5 Å². The SMILES string of the molecule is COc1cc(OCc2ccc(Cl)c(F)c2)cc(C(=N)N)c1. The molecule has 0 spiro atoms. The summed E-state index contributed by atoms with van der Waals surface area (Å²) in [6, 6.07) is 9.39. The third kappa shape index (κ3) is 3.86. The summed E-state index contributed by atoms with van der Waals surface area (Å²) in [5.74, 6) is 0.430. The van der Waals surface area contributed by atoms with Gasteiger partial charge in [0, 0.05) is 11.6 Å². The summed E-state index contributed by atoms with van der Waals surface area (Å²) in [5, 5.41) is 7.52. The van der Waals surface area contributed by atoms with Crippen LogP contribution in [0.4, 0.5) is 4.39 Å². The van der Waals surface area contributed by atoms with Crippen LogP contribution in [0, 0.1) is 11.2 Å². The number of ether oxygens (including phenoxy) is 2. The lowest BCUT2D eigenvalue weighted by Crippen LogP contribution is -2.11. The predicted molar refractivity (Wildman–Crippen MR) is 79.8 cm³/mol. The number of hydrogen-bond acceptors (Lipinski definition) is 3. The highest BCUT2D eigenvalue weighted by atomic mass is 35.5. The van der Waals surface area contributed by atoms with Gasteiger partial charge in [0.25, 0.3) is 0 Å². The summed E-state index contributed by atoms with van der Waals surface area (Å²) in [4.78, 5) is 0. The van der Waals surface area contributed by atoms with Crippen molar-refractivity contribution in [2.45, 2.75) is 6.61 Å². The maximum absolute atomic E-state index is 13.3. The number of nitrogens with one attached hydrogen (secondary N) is 1. The maximum atomic E-state index is 13.3. The lowest BCUT2D eigenvalue weighted by Gasteiger charge is -2.10. The molecule has 0 aliphatic carbocycles. The molecule has 6 heteroatoms. The molecule has 0 fully saturated rings. The van der Waals surface area contributed by atoms with Crippen molar-refractivity contribution in [3.8, 4) is 11.5 Å². The number of halogens is 2. The number of nitrogens with two attached hydrogens (primary N) is 1. The number of benzene rings is 2. The maximum Gasteiger partial charge on any atom is 0.142 e. The van der Waals surface area contributed by atoms with Crippen molar-refractivity contribution in [1.82, 2.24) is 0 Å². The normalized spacial score (nSPS) is 10.2. The minimum Gasteiger partial charge on any atom is -0.497 e. The van der Waals surface area contributed by atoms with Gasteiger partial charge in [-0.2, -0.15) is 0 Å². The third-order valence-electron chi connectivity index (χ3n) is 2.82. The van der Waals surface area contributed by atoms with Crippen LogP contribution in [0.2, 0.25) is 5.02 Å². The van der Waals surface area contributed by atoms with Crippen molar-refractivity contribution in [2.24, 2.45) is 5.73 Å². The van der Waals surface area contributed by atoms with E-state index in [0.29, 0.717) is 22.6 Å². The molecule has 0 aliphatic rings. The summed E-state index contributed by atoms with van der Waals surface area (Å²) < 4.78 is 24.0. The van der Waals surface area contributed by atoms with Crippen LogP contribution in [0.1, 0.15) is 11.1 Å². The van der Waals surface area contributed by atoms with Crippen LogP contribution >= 0.6 is 11.6 Å². The summed E-state index contributed by atoms with van der Waals surface area (Å²) >= 11 is 5.62. The number of nitrogen functional groups attached to an aromatic ring is 1. The Hall–Kier alpha value is -2.27. The molecule has 0 radical (unpaired) electrons. The van der Waals surface area contributed by atoms with E-state index in [-0.39, 0.29) is 17.5 Å². The minimum absolute atomic E-state index is 0.0685. The van der Waals surface area contributed by atoms with E-state index in [9.17, 15) is 4.39 Å². The Morgan fingerprint density at radius 2 is 1.95 bits per heavy atom. The summed E-state index contributed by atoms with van der Waals surface area (Å²) in [5.41, 5.74) is 6.59. The molecule has 21 heavy (non-hydrogen) atoms. The van der Waals surface area contributed by atoms with Crippen LogP contribution in [0.15, 0.2) is 36.4 Å². The number of rotatable bonds is 5. The highest BCUT2D eigenvalue weighted by Crippen LogP contribution is 2.24. The Morgan fingerprint density at radius 3 is 2.57 bits per heavy atom. The first-order valence-electron chi connectivity index (χ1n) is 6.10. The van der Waals surface area contributed by atoms with E-state index in [2.05, 4.69) is 0 Å². The molecule has 0 saturated carbocycles. The highest BCUT2D eigenvalue weighted by Gasteiger charge is 2.06. The molecule has 0 heterocycles. The Bertz CT molecular complexity index is 677. The van der Waals surface area contributed by atoms with Crippen molar-refractivity contribution < 1.29 is 13.9 Å². The molecule has 0 bridgehead atoms. The first-order chi connectivity index (χ1) is 9.99. The fourth-order valence-electron chi connectivity index (χ4n) is 1.72. The summed E-state index contributed by atoms with van der Waals surface area (Å²) in [7, 11) is 1.51. The Balaban J connectivity index is 2.17. The summed E-state index contributed by atoms with van der Waals surface area (Å²) in [6.45, 7) is 0.165. The average Bonchev–Trinajstić information content (AvgIpc) is 2.48. The van der Waals surface area contributed by atoms with Gasteiger partial charge in [-0.15, -0.1) is 0 Å². The highest BCUT2D eigenvalue weighted by molar-refractivity contribution is 6.30. The number of amidine groups is 1. The van der Waals surface area contributed by atoms with Crippen molar-refractivity contribution in [2.75, 3.05) is 7.11 Å². The lowest BCUT2D eigenvalue weighted by molar-refractivity contribution is 0.303. The van der Waals surface area contributed by atoms with Gasteiger partial charge in [-0.1, -0.05) is 17.7 Å². The largest absolute Gasteiger partial charge is 0.497 e. The predicted octanol–water partition coefficient (Wildman–Crippen LogP) is 3.35. The number of methoxy groups -OCH3 is 1. The topological polar surface area (TPSA) is 68.3 Å². The second-order valence-corrected chi connectivity index (χ2v) is 4.76. The van der Waals surface area contributed by atoms with E-state index in [1.54, 1.807) is 24.3 Å². The van der Waals surface area contributed by atoms with Gasteiger partial charge in [0.05, 0.1) is 12.1 Å². The van der Waals surface area contributed by atoms with E-state index in [4.69, 9.17) is 32.2 Å². The molecule has 0 unspecified atom stereocenters. The second-order valence-electron chi connectivity index (χ2n) is 4.35. The monoisotopic (exact) mass is 308 g/mol. The molecule has 4 nitrogen and oxygen atoms in total. The van der Waals surface area contributed by atoms with Crippen LogP contribution < -0.4 is 15.2 Å². The zero-order valence-electron chi connectivity index (χ0n) is 11.3. The standard InChI is InChI=1S/C15H14ClFN2O2/c1-20-11-5-10(15(18)19)6-12(7-11)21-8-9-2-3-13(16)14(17)4-9/h2-7H,8H2,1H3,(H3,18,19). The zero-order chi connectivity index (χ0) is 15.4. The van der Waals surface area contributed by atoms with Gasteiger partial charge in [-0.25, -0.2) is 4.39 Å². The first kappa shape index (κ1) is 15.1. The third-order valence-corrected chi connectivity index (χ3v) is 3.12. The molecule has 110 valence electrons. The molecular weight excluding hydrogens is 295 g/mol. The molecule has 0 aromatic heterocycles. The second kappa shape index (κ2) is 6.45.